The molecule has 0 spiro atoms. The van der Waals surface area contributed by atoms with Gasteiger partial charge in [0.25, 0.3) is 0 Å². The minimum absolute atomic E-state index is 0.859. The molecule has 0 N–H and O–H groups in total. The van der Waals surface area contributed by atoms with Crippen molar-refractivity contribution in [3.05, 3.63) is 0 Å². The second-order valence-corrected chi connectivity index (χ2v) is 4.25. The van der Waals surface area contributed by atoms with E-state index in [4.69, 9.17) is 0 Å². The molecule has 3 atom stereocenters. The van der Waals surface area contributed by atoms with Crippen LogP contribution < -0.4 is 0 Å². The molecule has 1 aliphatic carbocycles. The van der Waals surface area contributed by atoms with Crippen molar-refractivity contribution in [2.75, 3.05) is 13.6 Å². The third kappa shape index (κ3) is 0.620. The van der Waals surface area contributed by atoms with E-state index in [1.165, 1.54) is 13.0 Å². The van der Waals surface area contributed by atoms with Crippen LogP contribution in [0.1, 0.15) is 6.42 Å². The second kappa shape index (κ2) is 1.59. The number of rotatable bonds is 0. The molecule has 2 unspecified atom stereocenters. The van der Waals surface area contributed by atoms with Crippen molar-refractivity contribution in [3.8, 4) is 0 Å². The number of hydrogen-bond donors (Lipinski definition) is 0. The fraction of sp³-hybridized carbons (Fsp3) is 1.00. The van der Waals surface area contributed by atoms with Gasteiger partial charge in [0.2, 0.25) is 0 Å². The normalized spacial score (nSPS) is 54.0. The highest BCUT2D eigenvalue weighted by atomic mass is 127. The van der Waals surface area contributed by atoms with Gasteiger partial charge in [0, 0.05) is 6.54 Å². The molecule has 1 nitrogen and oxygen atoms in total. The zero-order valence-electron chi connectivity index (χ0n) is 4.97. The molecule has 2 heteroatoms. The standard InChI is InChI=1S/C6H10IN/c1-8-3-4-2-5(4)6(8)7/h4-6H,2-3H2,1H3/t4?,5?,6-/m0/s1. The molecule has 1 heterocycles. The Bertz CT molecular complexity index is 113. The minimum atomic E-state index is 0.859. The van der Waals surface area contributed by atoms with Gasteiger partial charge in [-0.2, -0.15) is 0 Å². The van der Waals surface area contributed by atoms with Gasteiger partial charge < -0.3 is 0 Å². The van der Waals surface area contributed by atoms with Crippen LogP contribution in [-0.2, 0) is 0 Å². The third-order valence-corrected chi connectivity index (χ3v) is 4.15. The number of hydrogen-bond acceptors (Lipinski definition) is 1. The van der Waals surface area contributed by atoms with E-state index >= 15 is 0 Å². The van der Waals surface area contributed by atoms with Crippen molar-refractivity contribution in [2.24, 2.45) is 11.8 Å². The van der Waals surface area contributed by atoms with Crippen LogP contribution in [0.15, 0.2) is 0 Å². The molecule has 0 bridgehead atoms. The van der Waals surface area contributed by atoms with Gasteiger partial charge in [-0.15, -0.1) is 0 Å². The number of fused-ring (bicyclic) bond motifs is 1. The average Bonchev–Trinajstić information content (AvgIpc) is 2.39. The topological polar surface area (TPSA) is 3.24 Å². The van der Waals surface area contributed by atoms with E-state index in [2.05, 4.69) is 34.5 Å². The summed E-state index contributed by atoms with van der Waals surface area (Å²) in [7, 11) is 2.23. The van der Waals surface area contributed by atoms with Crippen molar-refractivity contribution >= 4 is 22.6 Å². The van der Waals surface area contributed by atoms with Crippen molar-refractivity contribution in [1.29, 1.82) is 0 Å². The van der Waals surface area contributed by atoms with Crippen LogP contribution in [0, 0.1) is 11.8 Å². The number of likely N-dealkylation sites (tertiary alicyclic amines) is 1. The largest absolute Gasteiger partial charge is 0.294 e. The average molecular weight is 223 g/mol. The highest BCUT2D eigenvalue weighted by Crippen LogP contribution is 2.50. The number of alkyl halides is 1. The van der Waals surface area contributed by atoms with E-state index in [1.54, 1.807) is 0 Å². The second-order valence-electron chi connectivity index (χ2n) is 2.97. The van der Waals surface area contributed by atoms with E-state index in [0.29, 0.717) is 0 Å². The van der Waals surface area contributed by atoms with Crippen LogP contribution in [-0.4, -0.2) is 22.5 Å². The summed E-state index contributed by atoms with van der Waals surface area (Å²) in [4.78, 5) is 2.46. The molecule has 0 amide bonds. The maximum absolute atomic E-state index is 2.55. The van der Waals surface area contributed by atoms with Crippen LogP contribution in [0.25, 0.3) is 0 Å². The van der Waals surface area contributed by atoms with Crippen LogP contribution >= 0.6 is 22.6 Å². The number of piperidine rings is 1. The molecule has 0 radical (unpaired) electrons. The van der Waals surface area contributed by atoms with E-state index in [0.717, 1.165) is 15.9 Å². The maximum Gasteiger partial charge on any atom is 0.0648 e. The fourth-order valence-electron chi connectivity index (χ4n) is 1.62. The summed E-state index contributed by atoms with van der Waals surface area (Å²) in [5, 5.41) is 0. The zero-order valence-corrected chi connectivity index (χ0v) is 7.13. The van der Waals surface area contributed by atoms with Crippen LogP contribution in [0.5, 0.6) is 0 Å². The summed E-state index contributed by atoms with van der Waals surface area (Å²) in [6.07, 6.45) is 1.51. The Morgan fingerprint density at radius 2 is 2.38 bits per heavy atom. The first kappa shape index (κ1) is 5.47. The lowest BCUT2D eigenvalue weighted by Crippen LogP contribution is -2.22. The fourth-order valence-corrected chi connectivity index (χ4v) is 2.72. The molecule has 0 aromatic heterocycles. The summed E-state index contributed by atoms with van der Waals surface area (Å²) in [6.45, 7) is 1.36. The first-order valence-corrected chi connectivity index (χ1v) is 4.38. The molecule has 0 aromatic rings. The van der Waals surface area contributed by atoms with Gasteiger partial charge in [-0.25, -0.2) is 0 Å². The monoisotopic (exact) mass is 223 g/mol. The molecule has 8 heavy (non-hydrogen) atoms. The SMILES string of the molecule is CN1CC2CC2[C@H]1I. The first-order chi connectivity index (χ1) is 3.79. The van der Waals surface area contributed by atoms with Crippen molar-refractivity contribution in [1.82, 2.24) is 4.90 Å². The van der Waals surface area contributed by atoms with Gasteiger partial charge >= 0.3 is 0 Å². The van der Waals surface area contributed by atoms with Crippen molar-refractivity contribution in [3.63, 3.8) is 0 Å². The van der Waals surface area contributed by atoms with Gasteiger partial charge in [0.1, 0.15) is 0 Å². The van der Waals surface area contributed by atoms with E-state index in [1.807, 2.05) is 0 Å². The minimum Gasteiger partial charge on any atom is -0.294 e. The summed E-state index contributed by atoms with van der Waals surface area (Å²) in [5.41, 5.74) is 0. The van der Waals surface area contributed by atoms with Gasteiger partial charge in [-0.05, 0) is 25.3 Å². The van der Waals surface area contributed by atoms with Crippen molar-refractivity contribution in [2.45, 2.75) is 10.5 Å². The number of nitrogens with zero attached hydrogens (tertiary/aromatic N) is 1. The van der Waals surface area contributed by atoms with E-state index in [-0.39, 0.29) is 0 Å². The van der Waals surface area contributed by atoms with Gasteiger partial charge in [-0.1, -0.05) is 22.6 Å². The van der Waals surface area contributed by atoms with Crippen molar-refractivity contribution < 1.29 is 0 Å². The molecule has 2 aliphatic rings. The maximum atomic E-state index is 2.55. The Morgan fingerprint density at radius 3 is 2.62 bits per heavy atom. The van der Waals surface area contributed by atoms with E-state index < -0.39 is 0 Å². The van der Waals surface area contributed by atoms with E-state index in [9.17, 15) is 0 Å². The molecule has 46 valence electrons. The molecular formula is C6H10IN. The molecule has 2 fully saturated rings. The molecule has 1 saturated heterocycles. The lowest BCUT2D eigenvalue weighted by molar-refractivity contribution is 0.358. The Hall–Kier alpha value is 0.690. The lowest BCUT2D eigenvalue weighted by atomic mass is 10.4. The Labute approximate surface area is 63.6 Å². The Kier molecular flexibility index (Phi) is 1.09. The molecular weight excluding hydrogens is 213 g/mol. The number of halogens is 1. The zero-order chi connectivity index (χ0) is 5.72. The van der Waals surface area contributed by atoms with Gasteiger partial charge in [0.15, 0.2) is 0 Å². The van der Waals surface area contributed by atoms with Gasteiger partial charge in [0.05, 0.1) is 4.05 Å². The Morgan fingerprint density at radius 1 is 1.62 bits per heavy atom. The van der Waals surface area contributed by atoms with Gasteiger partial charge in [-0.3, -0.25) is 4.90 Å². The molecule has 2 rings (SSSR count). The van der Waals surface area contributed by atoms with Crippen LogP contribution in [0.4, 0.5) is 0 Å². The highest BCUT2D eigenvalue weighted by molar-refractivity contribution is 14.1. The molecule has 1 aliphatic heterocycles. The quantitative estimate of drug-likeness (QED) is 0.340. The molecule has 0 aromatic carbocycles. The summed E-state index contributed by atoms with van der Waals surface area (Å²) in [5.74, 6) is 2.16. The lowest BCUT2D eigenvalue weighted by Gasteiger charge is -2.15. The smallest absolute Gasteiger partial charge is 0.0648 e. The highest BCUT2D eigenvalue weighted by Gasteiger charge is 2.49. The summed E-state index contributed by atoms with van der Waals surface area (Å²) in [6, 6.07) is 0. The van der Waals surface area contributed by atoms with Crippen LogP contribution in [0.2, 0.25) is 0 Å². The summed E-state index contributed by atoms with van der Waals surface area (Å²) < 4.78 is 0.859. The first-order valence-electron chi connectivity index (χ1n) is 3.13. The Balaban J connectivity index is 2.08. The predicted molar refractivity (Wildman–Crippen MR) is 42.0 cm³/mol. The predicted octanol–water partition coefficient (Wildman–Crippen LogP) is 1.33. The third-order valence-electron chi connectivity index (χ3n) is 2.27. The van der Waals surface area contributed by atoms with Crippen LogP contribution in [0.3, 0.4) is 0 Å². The summed E-state index contributed by atoms with van der Waals surface area (Å²) >= 11 is 2.55. The molecule has 1 saturated carbocycles.